The van der Waals surface area contributed by atoms with Crippen molar-refractivity contribution in [3.05, 3.63) is 0 Å². The van der Waals surface area contributed by atoms with Gasteiger partial charge in [-0.25, -0.2) is 0 Å². The minimum atomic E-state index is -0.0157. The van der Waals surface area contributed by atoms with E-state index in [9.17, 15) is 9.59 Å². The van der Waals surface area contributed by atoms with Crippen molar-refractivity contribution in [2.45, 2.75) is 40.5 Å². The minimum absolute atomic E-state index is 0.0157. The first-order valence-electron chi connectivity index (χ1n) is 4.54. The third-order valence-electron chi connectivity index (χ3n) is 2.15. The van der Waals surface area contributed by atoms with Crippen LogP contribution in [0.5, 0.6) is 0 Å². The Morgan fingerprint density at radius 2 is 1.58 bits per heavy atom. The number of rotatable bonds is 5. The van der Waals surface area contributed by atoms with Gasteiger partial charge in [0.25, 0.3) is 0 Å². The molecule has 70 valence electrons. The number of carbonyl (C=O) groups is 2. The molecule has 0 amide bonds. The zero-order chi connectivity index (χ0) is 9.72. The van der Waals surface area contributed by atoms with Gasteiger partial charge in [-0.2, -0.15) is 0 Å². The lowest BCUT2D eigenvalue weighted by molar-refractivity contribution is -0.130. The van der Waals surface area contributed by atoms with Crippen LogP contribution in [0.1, 0.15) is 40.5 Å². The SMILES string of the molecule is CCC(C)C(=O)CC(=O)C(C)C. The predicted octanol–water partition coefficient (Wildman–Crippen LogP) is 2.22. The van der Waals surface area contributed by atoms with Gasteiger partial charge >= 0.3 is 0 Å². The number of carbonyl (C=O) groups excluding carboxylic acids is 2. The van der Waals surface area contributed by atoms with Crippen LogP contribution >= 0.6 is 0 Å². The molecule has 0 aromatic carbocycles. The summed E-state index contributed by atoms with van der Waals surface area (Å²) in [5.74, 6) is 0.155. The fourth-order valence-electron chi connectivity index (χ4n) is 0.778. The van der Waals surface area contributed by atoms with Gasteiger partial charge in [-0.05, 0) is 6.42 Å². The van der Waals surface area contributed by atoms with Crippen molar-refractivity contribution in [3.63, 3.8) is 0 Å². The van der Waals surface area contributed by atoms with Crippen LogP contribution in [0.15, 0.2) is 0 Å². The first kappa shape index (κ1) is 11.3. The number of Topliss-reactive ketones (excluding diaryl/α,β-unsaturated/α-hetero) is 2. The normalized spacial score (nSPS) is 13.1. The molecular formula is C10H18O2. The summed E-state index contributed by atoms with van der Waals surface area (Å²) < 4.78 is 0. The highest BCUT2D eigenvalue weighted by Crippen LogP contribution is 2.08. The summed E-state index contributed by atoms with van der Waals surface area (Å²) in [6.45, 7) is 7.48. The van der Waals surface area contributed by atoms with Gasteiger partial charge in [0.05, 0.1) is 6.42 Å². The van der Waals surface area contributed by atoms with Crippen molar-refractivity contribution in [2.75, 3.05) is 0 Å². The van der Waals surface area contributed by atoms with E-state index in [2.05, 4.69) is 0 Å². The summed E-state index contributed by atoms with van der Waals surface area (Å²) in [6.07, 6.45) is 0.941. The van der Waals surface area contributed by atoms with E-state index in [-0.39, 0.29) is 29.8 Å². The average molecular weight is 170 g/mol. The highest BCUT2D eigenvalue weighted by atomic mass is 16.1. The van der Waals surface area contributed by atoms with Crippen LogP contribution in [0.4, 0.5) is 0 Å². The van der Waals surface area contributed by atoms with Gasteiger partial charge in [-0.15, -0.1) is 0 Å². The van der Waals surface area contributed by atoms with Gasteiger partial charge in [0.1, 0.15) is 11.6 Å². The van der Waals surface area contributed by atoms with Crippen molar-refractivity contribution in [1.29, 1.82) is 0 Å². The van der Waals surface area contributed by atoms with E-state index in [1.54, 1.807) is 0 Å². The molecule has 0 rings (SSSR count). The smallest absolute Gasteiger partial charge is 0.143 e. The third-order valence-corrected chi connectivity index (χ3v) is 2.15. The minimum Gasteiger partial charge on any atom is -0.299 e. The highest BCUT2D eigenvalue weighted by molar-refractivity contribution is 6.00. The topological polar surface area (TPSA) is 34.1 Å². The third kappa shape index (κ3) is 3.65. The zero-order valence-electron chi connectivity index (χ0n) is 8.39. The Morgan fingerprint density at radius 1 is 1.08 bits per heavy atom. The molecule has 0 heterocycles. The molecule has 2 heteroatoms. The molecular weight excluding hydrogens is 152 g/mol. The molecule has 0 N–H and O–H groups in total. The van der Waals surface area contributed by atoms with Gasteiger partial charge in [0.15, 0.2) is 0 Å². The summed E-state index contributed by atoms with van der Waals surface area (Å²) in [7, 11) is 0. The molecule has 1 atom stereocenters. The Bertz CT molecular complexity index is 171. The van der Waals surface area contributed by atoms with Crippen LogP contribution in [-0.4, -0.2) is 11.6 Å². The standard InChI is InChI=1S/C10H18O2/c1-5-8(4)10(12)6-9(11)7(2)3/h7-8H,5-6H2,1-4H3. The maximum absolute atomic E-state index is 11.3. The van der Waals surface area contributed by atoms with E-state index in [0.29, 0.717) is 0 Å². The van der Waals surface area contributed by atoms with E-state index in [1.807, 2.05) is 27.7 Å². The summed E-state index contributed by atoms with van der Waals surface area (Å²) in [6, 6.07) is 0. The lowest BCUT2D eigenvalue weighted by Crippen LogP contribution is -2.18. The molecule has 0 bridgehead atoms. The first-order chi connectivity index (χ1) is 5.49. The van der Waals surface area contributed by atoms with Gasteiger partial charge in [-0.3, -0.25) is 9.59 Å². The maximum Gasteiger partial charge on any atom is 0.143 e. The van der Waals surface area contributed by atoms with E-state index >= 15 is 0 Å². The summed E-state index contributed by atoms with van der Waals surface area (Å²) in [4.78, 5) is 22.4. The van der Waals surface area contributed by atoms with Crippen LogP contribution in [0.3, 0.4) is 0 Å². The van der Waals surface area contributed by atoms with E-state index in [4.69, 9.17) is 0 Å². The zero-order valence-corrected chi connectivity index (χ0v) is 8.39. The van der Waals surface area contributed by atoms with E-state index in [1.165, 1.54) is 0 Å². The Hall–Kier alpha value is -0.660. The molecule has 0 aliphatic carbocycles. The van der Waals surface area contributed by atoms with Crippen molar-refractivity contribution >= 4 is 11.6 Å². The van der Waals surface area contributed by atoms with Crippen LogP contribution in [-0.2, 0) is 9.59 Å². The summed E-state index contributed by atoms with van der Waals surface area (Å²) in [5.41, 5.74) is 0. The monoisotopic (exact) mass is 170 g/mol. The van der Waals surface area contributed by atoms with Crippen LogP contribution < -0.4 is 0 Å². The quantitative estimate of drug-likeness (QED) is 0.593. The second kappa shape index (κ2) is 5.07. The number of ketones is 2. The van der Waals surface area contributed by atoms with E-state index in [0.717, 1.165) is 6.42 Å². The molecule has 0 radical (unpaired) electrons. The molecule has 1 unspecified atom stereocenters. The Kier molecular flexibility index (Phi) is 4.79. The van der Waals surface area contributed by atoms with Crippen LogP contribution in [0.25, 0.3) is 0 Å². The number of hydrogen-bond acceptors (Lipinski definition) is 2. The first-order valence-corrected chi connectivity index (χ1v) is 4.54. The Morgan fingerprint density at radius 3 is 1.92 bits per heavy atom. The lowest BCUT2D eigenvalue weighted by Gasteiger charge is -2.07. The molecule has 0 saturated heterocycles. The molecule has 0 fully saturated rings. The molecule has 0 saturated carbocycles. The molecule has 0 aromatic rings. The van der Waals surface area contributed by atoms with Crippen molar-refractivity contribution in [2.24, 2.45) is 11.8 Å². The summed E-state index contributed by atoms with van der Waals surface area (Å²) in [5, 5.41) is 0. The van der Waals surface area contributed by atoms with Gasteiger partial charge < -0.3 is 0 Å². The second-order valence-electron chi connectivity index (χ2n) is 3.57. The average Bonchev–Trinajstić information content (AvgIpc) is 2.02. The lowest BCUT2D eigenvalue weighted by atomic mass is 9.96. The van der Waals surface area contributed by atoms with Crippen molar-refractivity contribution in [1.82, 2.24) is 0 Å². The van der Waals surface area contributed by atoms with Crippen molar-refractivity contribution < 1.29 is 9.59 Å². The van der Waals surface area contributed by atoms with Crippen LogP contribution in [0.2, 0.25) is 0 Å². The number of hydrogen-bond donors (Lipinski definition) is 0. The Labute approximate surface area is 74.3 Å². The Balaban J connectivity index is 3.93. The predicted molar refractivity (Wildman–Crippen MR) is 48.9 cm³/mol. The van der Waals surface area contributed by atoms with Crippen molar-refractivity contribution in [3.8, 4) is 0 Å². The molecule has 0 aliphatic rings. The van der Waals surface area contributed by atoms with Crippen LogP contribution in [0, 0.1) is 11.8 Å². The molecule has 2 nitrogen and oxygen atoms in total. The molecule has 12 heavy (non-hydrogen) atoms. The molecule has 0 aliphatic heterocycles. The van der Waals surface area contributed by atoms with Gasteiger partial charge in [0, 0.05) is 11.8 Å². The molecule has 0 spiro atoms. The largest absolute Gasteiger partial charge is 0.299 e. The summed E-state index contributed by atoms with van der Waals surface area (Å²) >= 11 is 0. The fraction of sp³-hybridized carbons (Fsp3) is 0.800. The van der Waals surface area contributed by atoms with Gasteiger partial charge in [-0.1, -0.05) is 27.7 Å². The van der Waals surface area contributed by atoms with E-state index < -0.39 is 0 Å². The highest BCUT2D eigenvalue weighted by Gasteiger charge is 2.16. The second-order valence-corrected chi connectivity index (χ2v) is 3.57. The van der Waals surface area contributed by atoms with Gasteiger partial charge in [0.2, 0.25) is 0 Å². The fourth-order valence-corrected chi connectivity index (χ4v) is 0.778. The maximum atomic E-state index is 11.3. The molecule has 0 aromatic heterocycles.